The van der Waals surface area contributed by atoms with Crippen LogP contribution in [0.5, 0.6) is 5.75 Å². The number of ether oxygens (including phenoxy) is 1. The van der Waals surface area contributed by atoms with Gasteiger partial charge in [-0.25, -0.2) is 4.98 Å². The van der Waals surface area contributed by atoms with E-state index in [1.165, 1.54) is 16.9 Å². The summed E-state index contributed by atoms with van der Waals surface area (Å²) in [4.78, 5) is 5.33. The van der Waals surface area contributed by atoms with Crippen LogP contribution in [0.4, 0.5) is 0 Å². The lowest BCUT2D eigenvalue weighted by Gasteiger charge is -2.05. The van der Waals surface area contributed by atoms with Crippen LogP contribution in [0.15, 0.2) is 24.3 Å². The van der Waals surface area contributed by atoms with Crippen LogP contribution < -0.4 is 10.5 Å². The molecule has 1 heterocycles. The Labute approximate surface area is 129 Å². The standard InChI is InChI=1S/C16H21N3OS/c1-3-6-13-15(16(17)18)21-14(19-13)10-20-12-8-5-7-11(4-2)9-12/h5,7-9H,3-4,6,10H2,1-2H3,(H3,17,18). The first kappa shape index (κ1) is 15.5. The number of nitrogen functional groups attached to an aromatic ring is 1. The maximum absolute atomic E-state index is 7.62. The molecular weight excluding hydrogens is 282 g/mol. The van der Waals surface area contributed by atoms with Gasteiger partial charge in [-0.05, 0) is 30.5 Å². The largest absolute Gasteiger partial charge is 0.486 e. The van der Waals surface area contributed by atoms with E-state index in [-0.39, 0.29) is 5.84 Å². The lowest BCUT2D eigenvalue weighted by atomic mass is 10.2. The lowest BCUT2D eigenvalue weighted by Crippen LogP contribution is -2.11. The van der Waals surface area contributed by atoms with Gasteiger partial charge in [0.1, 0.15) is 23.2 Å². The molecular formula is C16H21N3OS. The van der Waals surface area contributed by atoms with E-state index in [1.807, 2.05) is 18.2 Å². The van der Waals surface area contributed by atoms with Crippen LogP contribution >= 0.6 is 11.3 Å². The number of thiazole rings is 1. The monoisotopic (exact) mass is 303 g/mol. The predicted octanol–water partition coefficient (Wildman–Crippen LogP) is 3.52. The highest BCUT2D eigenvalue weighted by Gasteiger charge is 2.13. The Balaban J connectivity index is 2.09. The van der Waals surface area contributed by atoms with Gasteiger partial charge in [0.25, 0.3) is 0 Å². The van der Waals surface area contributed by atoms with Gasteiger partial charge in [0.05, 0.1) is 10.6 Å². The molecule has 0 radical (unpaired) electrons. The SMILES string of the molecule is CCCc1nc(COc2cccc(CC)c2)sc1C(=N)N. The summed E-state index contributed by atoms with van der Waals surface area (Å²) in [5.74, 6) is 0.946. The number of amidine groups is 1. The molecule has 112 valence electrons. The number of hydrogen-bond acceptors (Lipinski definition) is 4. The first-order valence-electron chi connectivity index (χ1n) is 7.18. The zero-order valence-corrected chi connectivity index (χ0v) is 13.3. The smallest absolute Gasteiger partial charge is 0.140 e. The second-order valence-corrected chi connectivity index (χ2v) is 5.92. The highest BCUT2D eigenvalue weighted by Crippen LogP contribution is 2.22. The number of nitrogens with zero attached hydrogens (tertiary/aromatic N) is 1. The Morgan fingerprint density at radius 2 is 2.19 bits per heavy atom. The van der Waals surface area contributed by atoms with Crippen LogP contribution in [0.2, 0.25) is 0 Å². The molecule has 2 rings (SSSR count). The maximum Gasteiger partial charge on any atom is 0.140 e. The Bertz CT molecular complexity index is 622. The van der Waals surface area contributed by atoms with Crippen LogP contribution in [0.3, 0.4) is 0 Å². The molecule has 4 nitrogen and oxygen atoms in total. The lowest BCUT2D eigenvalue weighted by molar-refractivity contribution is 0.305. The van der Waals surface area contributed by atoms with E-state index >= 15 is 0 Å². The summed E-state index contributed by atoms with van der Waals surface area (Å²) in [7, 11) is 0. The molecule has 0 unspecified atom stereocenters. The molecule has 3 N–H and O–H groups in total. The quantitative estimate of drug-likeness (QED) is 0.607. The van der Waals surface area contributed by atoms with Crippen molar-refractivity contribution >= 4 is 17.2 Å². The highest BCUT2D eigenvalue weighted by molar-refractivity contribution is 7.13. The molecule has 0 spiro atoms. The molecule has 0 aliphatic carbocycles. The third-order valence-electron chi connectivity index (χ3n) is 3.14. The van der Waals surface area contributed by atoms with Gasteiger partial charge in [-0.15, -0.1) is 11.3 Å². The van der Waals surface area contributed by atoms with E-state index < -0.39 is 0 Å². The first-order valence-corrected chi connectivity index (χ1v) is 8.00. The number of rotatable bonds is 7. The third-order valence-corrected chi connectivity index (χ3v) is 4.25. The van der Waals surface area contributed by atoms with E-state index in [2.05, 4.69) is 24.9 Å². The van der Waals surface area contributed by atoms with Gasteiger partial charge in [0.15, 0.2) is 0 Å². The number of nitrogens with one attached hydrogen (secondary N) is 1. The molecule has 0 amide bonds. The van der Waals surface area contributed by atoms with Crippen molar-refractivity contribution < 1.29 is 4.74 Å². The number of benzene rings is 1. The Morgan fingerprint density at radius 1 is 1.38 bits per heavy atom. The Kier molecular flexibility index (Phi) is 5.33. The van der Waals surface area contributed by atoms with Crippen LogP contribution in [-0.4, -0.2) is 10.8 Å². The van der Waals surface area contributed by atoms with Gasteiger partial charge in [-0.1, -0.05) is 32.4 Å². The fourth-order valence-electron chi connectivity index (χ4n) is 2.08. The Hall–Kier alpha value is -1.88. The fourth-order valence-corrected chi connectivity index (χ4v) is 2.96. The van der Waals surface area contributed by atoms with Gasteiger partial charge >= 0.3 is 0 Å². The van der Waals surface area contributed by atoms with Crippen molar-refractivity contribution in [1.29, 1.82) is 5.41 Å². The van der Waals surface area contributed by atoms with Crippen LogP contribution in [0.1, 0.15) is 41.4 Å². The van der Waals surface area contributed by atoms with Gasteiger partial charge in [0.2, 0.25) is 0 Å². The third kappa shape index (κ3) is 4.04. The molecule has 0 aliphatic rings. The highest BCUT2D eigenvalue weighted by atomic mass is 32.1. The van der Waals surface area contributed by atoms with Crippen molar-refractivity contribution in [3.63, 3.8) is 0 Å². The summed E-state index contributed by atoms with van der Waals surface area (Å²) < 4.78 is 5.80. The van der Waals surface area contributed by atoms with Gasteiger partial charge in [0, 0.05) is 0 Å². The number of aromatic nitrogens is 1. The normalized spacial score (nSPS) is 10.6. The number of aryl methyl sites for hydroxylation is 2. The topological polar surface area (TPSA) is 72.0 Å². The second kappa shape index (κ2) is 7.22. The van der Waals surface area contributed by atoms with Crippen LogP contribution in [0, 0.1) is 5.41 Å². The minimum Gasteiger partial charge on any atom is -0.486 e. The number of nitrogens with two attached hydrogens (primary N) is 1. The summed E-state index contributed by atoms with van der Waals surface area (Å²) in [6.07, 6.45) is 2.82. The molecule has 0 saturated heterocycles. The molecule has 1 aromatic heterocycles. The average Bonchev–Trinajstić information content (AvgIpc) is 2.89. The molecule has 1 aromatic carbocycles. The molecule has 0 bridgehead atoms. The molecule has 2 aromatic rings. The first-order chi connectivity index (χ1) is 10.1. The van der Waals surface area contributed by atoms with Crippen molar-refractivity contribution in [2.45, 2.75) is 39.7 Å². The molecule has 0 fully saturated rings. The zero-order chi connectivity index (χ0) is 15.2. The van der Waals surface area contributed by atoms with Crippen molar-refractivity contribution in [1.82, 2.24) is 4.98 Å². The average molecular weight is 303 g/mol. The second-order valence-electron chi connectivity index (χ2n) is 4.84. The summed E-state index contributed by atoms with van der Waals surface area (Å²) in [6, 6.07) is 8.08. The van der Waals surface area contributed by atoms with Crippen molar-refractivity contribution in [3.8, 4) is 5.75 Å². The van der Waals surface area contributed by atoms with Crippen LogP contribution in [0.25, 0.3) is 0 Å². The van der Waals surface area contributed by atoms with Crippen molar-refractivity contribution in [2.75, 3.05) is 0 Å². The molecule has 5 heteroatoms. The van der Waals surface area contributed by atoms with E-state index in [4.69, 9.17) is 15.9 Å². The summed E-state index contributed by atoms with van der Waals surface area (Å²) in [6.45, 7) is 4.63. The van der Waals surface area contributed by atoms with E-state index in [0.717, 1.165) is 40.6 Å². The molecule has 0 aliphatic heterocycles. The van der Waals surface area contributed by atoms with E-state index in [9.17, 15) is 0 Å². The zero-order valence-electron chi connectivity index (χ0n) is 12.5. The van der Waals surface area contributed by atoms with Crippen LogP contribution in [-0.2, 0) is 19.4 Å². The number of hydrogen-bond donors (Lipinski definition) is 2. The van der Waals surface area contributed by atoms with Gasteiger partial charge < -0.3 is 10.5 Å². The summed E-state index contributed by atoms with van der Waals surface area (Å²) in [5, 5.41) is 8.49. The minimum absolute atomic E-state index is 0.0928. The molecule has 0 saturated carbocycles. The van der Waals surface area contributed by atoms with Gasteiger partial charge in [-0.3, -0.25) is 5.41 Å². The van der Waals surface area contributed by atoms with Crippen molar-refractivity contribution in [3.05, 3.63) is 45.4 Å². The molecule has 0 atom stereocenters. The Morgan fingerprint density at radius 3 is 2.86 bits per heavy atom. The summed E-state index contributed by atoms with van der Waals surface area (Å²) in [5.41, 5.74) is 7.78. The fraction of sp³-hybridized carbons (Fsp3) is 0.375. The maximum atomic E-state index is 7.62. The van der Waals surface area contributed by atoms with E-state index in [1.54, 1.807) is 0 Å². The summed E-state index contributed by atoms with van der Waals surface area (Å²) >= 11 is 1.45. The predicted molar refractivity (Wildman–Crippen MR) is 87.3 cm³/mol. The molecule has 21 heavy (non-hydrogen) atoms. The minimum atomic E-state index is 0.0928. The van der Waals surface area contributed by atoms with Gasteiger partial charge in [-0.2, -0.15) is 0 Å². The van der Waals surface area contributed by atoms with E-state index in [0.29, 0.717) is 6.61 Å². The van der Waals surface area contributed by atoms with Crippen molar-refractivity contribution in [2.24, 2.45) is 5.73 Å².